The van der Waals surface area contributed by atoms with Crippen molar-refractivity contribution in [3.8, 4) is 0 Å². The number of hydrogen-bond acceptors (Lipinski definition) is 3. The molecule has 0 spiro atoms. The highest BCUT2D eigenvalue weighted by Gasteiger charge is 2.36. The fourth-order valence-corrected chi connectivity index (χ4v) is 3.45. The topological polar surface area (TPSA) is 28.4 Å². The number of rotatable bonds is 5. The molecule has 3 nitrogen and oxygen atoms in total. The lowest BCUT2D eigenvalue weighted by Gasteiger charge is -2.26. The van der Waals surface area contributed by atoms with E-state index in [1.807, 2.05) is 6.07 Å². The molecule has 3 atom stereocenters. The second kappa shape index (κ2) is 5.68. The molecular weight excluding hydrogens is 236 g/mol. The van der Waals surface area contributed by atoms with Crippen molar-refractivity contribution in [1.82, 2.24) is 10.2 Å². The highest BCUT2D eigenvalue weighted by molar-refractivity contribution is 5.05. The standard InChI is InChI=1S/C16H28N2O/c1-12-9-16(2,3)10-13(12)17-11-14(18(4)5)15-7-6-8-19-15/h6-8,12-14,17H,9-11H2,1-5H3. The predicted octanol–water partition coefficient (Wildman–Crippen LogP) is 3.30. The van der Waals surface area contributed by atoms with Gasteiger partial charge in [-0.2, -0.15) is 0 Å². The van der Waals surface area contributed by atoms with Crippen molar-refractivity contribution >= 4 is 0 Å². The molecular formula is C16H28N2O. The molecule has 1 fully saturated rings. The Labute approximate surface area is 117 Å². The second-order valence-corrected chi connectivity index (χ2v) is 7.06. The first-order chi connectivity index (χ1) is 8.89. The van der Waals surface area contributed by atoms with E-state index in [1.165, 1.54) is 12.8 Å². The molecule has 0 bridgehead atoms. The third kappa shape index (κ3) is 3.61. The summed E-state index contributed by atoms with van der Waals surface area (Å²) in [5.74, 6) is 1.80. The lowest BCUT2D eigenvalue weighted by atomic mass is 9.91. The van der Waals surface area contributed by atoms with E-state index in [0.29, 0.717) is 17.5 Å². The summed E-state index contributed by atoms with van der Waals surface area (Å²) in [7, 11) is 4.22. The van der Waals surface area contributed by atoms with Gasteiger partial charge >= 0.3 is 0 Å². The van der Waals surface area contributed by atoms with Crippen molar-refractivity contribution < 1.29 is 4.42 Å². The van der Waals surface area contributed by atoms with Gasteiger partial charge in [-0.3, -0.25) is 4.90 Å². The predicted molar refractivity (Wildman–Crippen MR) is 79.1 cm³/mol. The van der Waals surface area contributed by atoms with Gasteiger partial charge in [0.15, 0.2) is 0 Å². The first-order valence-electron chi connectivity index (χ1n) is 7.32. The maximum Gasteiger partial charge on any atom is 0.122 e. The van der Waals surface area contributed by atoms with Crippen LogP contribution in [0.2, 0.25) is 0 Å². The highest BCUT2D eigenvalue weighted by atomic mass is 16.3. The SMILES string of the molecule is CC1CC(C)(C)CC1NCC(c1ccco1)N(C)C. The third-order valence-corrected chi connectivity index (χ3v) is 4.40. The second-order valence-electron chi connectivity index (χ2n) is 7.06. The van der Waals surface area contributed by atoms with Gasteiger partial charge in [0.1, 0.15) is 5.76 Å². The molecule has 0 saturated heterocycles. The van der Waals surface area contributed by atoms with Crippen molar-refractivity contribution in [3.05, 3.63) is 24.2 Å². The van der Waals surface area contributed by atoms with Crippen LogP contribution in [0.4, 0.5) is 0 Å². The van der Waals surface area contributed by atoms with Crippen LogP contribution in [0.5, 0.6) is 0 Å². The first-order valence-corrected chi connectivity index (χ1v) is 7.32. The normalized spacial score (nSPS) is 27.9. The van der Waals surface area contributed by atoms with Crippen LogP contribution in [0.1, 0.15) is 45.4 Å². The van der Waals surface area contributed by atoms with Gasteiger partial charge in [0.05, 0.1) is 12.3 Å². The molecule has 0 radical (unpaired) electrons. The van der Waals surface area contributed by atoms with E-state index in [1.54, 1.807) is 6.26 Å². The van der Waals surface area contributed by atoms with E-state index in [0.717, 1.165) is 18.2 Å². The molecule has 0 aliphatic heterocycles. The molecule has 0 aromatic carbocycles. The fourth-order valence-electron chi connectivity index (χ4n) is 3.45. The summed E-state index contributed by atoms with van der Waals surface area (Å²) in [5, 5.41) is 3.76. The summed E-state index contributed by atoms with van der Waals surface area (Å²) < 4.78 is 5.56. The minimum Gasteiger partial charge on any atom is -0.468 e. The lowest BCUT2D eigenvalue weighted by molar-refractivity contribution is 0.237. The van der Waals surface area contributed by atoms with Gasteiger partial charge in [-0.05, 0) is 50.4 Å². The zero-order chi connectivity index (χ0) is 14.0. The van der Waals surface area contributed by atoms with E-state index in [9.17, 15) is 0 Å². The number of hydrogen-bond donors (Lipinski definition) is 1. The lowest BCUT2D eigenvalue weighted by Crippen LogP contribution is -2.38. The van der Waals surface area contributed by atoms with Crippen LogP contribution >= 0.6 is 0 Å². The Bertz CT molecular complexity index is 383. The Kier molecular flexibility index (Phi) is 4.36. The van der Waals surface area contributed by atoms with Crippen LogP contribution in [0.15, 0.2) is 22.8 Å². The monoisotopic (exact) mass is 264 g/mol. The van der Waals surface area contributed by atoms with Crippen molar-refractivity contribution in [2.24, 2.45) is 11.3 Å². The van der Waals surface area contributed by atoms with E-state index in [-0.39, 0.29) is 0 Å². The van der Waals surface area contributed by atoms with Crippen LogP contribution in [-0.2, 0) is 0 Å². The van der Waals surface area contributed by atoms with E-state index in [2.05, 4.69) is 51.1 Å². The Balaban J connectivity index is 1.93. The molecule has 3 heteroatoms. The Morgan fingerprint density at radius 3 is 2.63 bits per heavy atom. The van der Waals surface area contributed by atoms with E-state index >= 15 is 0 Å². The van der Waals surface area contributed by atoms with Gasteiger partial charge < -0.3 is 9.73 Å². The summed E-state index contributed by atoms with van der Waals surface area (Å²) >= 11 is 0. The third-order valence-electron chi connectivity index (χ3n) is 4.40. The first kappa shape index (κ1) is 14.6. The number of likely N-dealkylation sites (N-methyl/N-ethyl adjacent to an activating group) is 1. The Morgan fingerprint density at radius 1 is 1.42 bits per heavy atom. The largest absolute Gasteiger partial charge is 0.468 e. The molecule has 108 valence electrons. The molecule has 1 aromatic heterocycles. The maximum atomic E-state index is 5.56. The molecule has 1 aromatic rings. The zero-order valence-corrected chi connectivity index (χ0v) is 12.9. The Morgan fingerprint density at radius 2 is 2.16 bits per heavy atom. The molecule has 3 unspecified atom stereocenters. The summed E-state index contributed by atoms with van der Waals surface area (Å²) in [6, 6.07) is 4.97. The summed E-state index contributed by atoms with van der Waals surface area (Å²) in [4.78, 5) is 2.22. The maximum absolute atomic E-state index is 5.56. The van der Waals surface area contributed by atoms with Gasteiger partial charge in [0.2, 0.25) is 0 Å². The minimum absolute atomic E-state index is 0.311. The molecule has 1 saturated carbocycles. The molecule has 1 aliphatic rings. The van der Waals surface area contributed by atoms with Crippen LogP contribution in [0.25, 0.3) is 0 Å². The minimum atomic E-state index is 0.311. The summed E-state index contributed by atoms with van der Waals surface area (Å²) in [6.45, 7) is 8.07. The molecule has 0 amide bonds. The van der Waals surface area contributed by atoms with Crippen LogP contribution in [-0.4, -0.2) is 31.6 Å². The number of nitrogens with zero attached hydrogens (tertiary/aromatic N) is 1. The summed E-state index contributed by atoms with van der Waals surface area (Å²) in [6.07, 6.45) is 4.34. The van der Waals surface area contributed by atoms with Gasteiger partial charge in [0, 0.05) is 12.6 Å². The average molecular weight is 264 g/mol. The molecule has 19 heavy (non-hydrogen) atoms. The zero-order valence-electron chi connectivity index (χ0n) is 12.9. The fraction of sp³-hybridized carbons (Fsp3) is 0.750. The molecule has 1 aliphatic carbocycles. The number of furan rings is 1. The van der Waals surface area contributed by atoms with Crippen molar-refractivity contribution in [2.75, 3.05) is 20.6 Å². The van der Waals surface area contributed by atoms with Crippen molar-refractivity contribution in [2.45, 2.75) is 45.7 Å². The van der Waals surface area contributed by atoms with Crippen LogP contribution in [0, 0.1) is 11.3 Å². The summed E-state index contributed by atoms with van der Waals surface area (Å²) in [5.41, 5.74) is 0.482. The molecule has 1 heterocycles. The Hall–Kier alpha value is -0.800. The highest BCUT2D eigenvalue weighted by Crippen LogP contribution is 2.40. The van der Waals surface area contributed by atoms with Gasteiger partial charge in [-0.1, -0.05) is 20.8 Å². The van der Waals surface area contributed by atoms with Gasteiger partial charge in [-0.15, -0.1) is 0 Å². The van der Waals surface area contributed by atoms with Crippen LogP contribution < -0.4 is 5.32 Å². The van der Waals surface area contributed by atoms with Crippen molar-refractivity contribution in [1.29, 1.82) is 0 Å². The van der Waals surface area contributed by atoms with E-state index in [4.69, 9.17) is 4.42 Å². The van der Waals surface area contributed by atoms with Gasteiger partial charge in [0.25, 0.3) is 0 Å². The molecule has 2 rings (SSSR count). The van der Waals surface area contributed by atoms with E-state index < -0.39 is 0 Å². The van der Waals surface area contributed by atoms with Gasteiger partial charge in [-0.25, -0.2) is 0 Å². The van der Waals surface area contributed by atoms with Crippen LogP contribution in [0.3, 0.4) is 0 Å². The quantitative estimate of drug-likeness (QED) is 0.884. The smallest absolute Gasteiger partial charge is 0.122 e. The van der Waals surface area contributed by atoms with Crippen molar-refractivity contribution in [3.63, 3.8) is 0 Å². The number of nitrogens with one attached hydrogen (secondary N) is 1. The molecule has 1 N–H and O–H groups in total. The average Bonchev–Trinajstić information content (AvgIpc) is 2.87.